The Morgan fingerprint density at radius 2 is 2.21 bits per heavy atom. The fraction of sp³-hybridized carbons (Fsp3) is 0.429. The first-order valence-corrected chi connectivity index (χ1v) is 7.23. The molecule has 0 bridgehead atoms. The maximum Gasteiger partial charge on any atom is 0.138 e. The zero-order chi connectivity index (χ0) is 13.8. The van der Waals surface area contributed by atoms with Gasteiger partial charge in [0.25, 0.3) is 0 Å². The second-order valence-electron chi connectivity index (χ2n) is 4.62. The van der Waals surface area contributed by atoms with Gasteiger partial charge < -0.3 is 5.32 Å². The van der Waals surface area contributed by atoms with Crippen molar-refractivity contribution in [3.05, 3.63) is 46.0 Å². The van der Waals surface area contributed by atoms with Gasteiger partial charge in [-0.1, -0.05) is 35.0 Å². The van der Waals surface area contributed by atoms with Crippen LogP contribution in [0.5, 0.6) is 0 Å². The lowest BCUT2D eigenvalue weighted by molar-refractivity contribution is 0.522. The molecule has 4 nitrogen and oxygen atoms in total. The number of benzene rings is 1. The summed E-state index contributed by atoms with van der Waals surface area (Å²) < 4.78 is 2.97. The fourth-order valence-corrected chi connectivity index (χ4v) is 2.46. The summed E-state index contributed by atoms with van der Waals surface area (Å²) >= 11 is 3.60. The molecule has 2 rings (SSSR count). The summed E-state index contributed by atoms with van der Waals surface area (Å²) in [7, 11) is 1.93. The van der Waals surface area contributed by atoms with E-state index in [1.54, 1.807) is 6.33 Å². The van der Waals surface area contributed by atoms with Crippen LogP contribution in [-0.2, 0) is 13.5 Å². The Balaban J connectivity index is 2.24. The molecule has 2 aromatic rings. The zero-order valence-electron chi connectivity index (χ0n) is 11.5. The first-order valence-electron chi connectivity index (χ1n) is 6.44. The second kappa shape index (κ2) is 6.30. The lowest BCUT2D eigenvalue weighted by Gasteiger charge is -2.18. The monoisotopic (exact) mass is 322 g/mol. The lowest BCUT2D eigenvalue weighted by Crippen LogP contribution is -2.24. The van der Waals surface area contributed by atoms with Crippen LogP contribution < -0.4 is 5.32 Å². The van der Waals surface area contributed by atoms with E-state index in [1.165, 1.54) is 11.1 Å². The number of nitrogens with one attached hydrogen (secondary N) is 1. The Hall–Kier alpha value is -1.20. The Morgan fingerprint density at radius 3 is 2.79 bits per heavy atom. The average Bonchev–Trinajstić information content (AvgIpc) is 2.78. The molecule has 1 atom stereocenters. The van der Waals surface area contributed by atoms with Gasteiger partial charge in [-0.25, -0.2) is 4.98 Å². The summed E-state index contributed by atoms with van der Waals surface area (Å²) in [6.45, 7) is 5.14. The molecule has 1 aromatic heterocycles. The number of aryl methyl sites for hydroxylation is 2. The number of halogens is 1. The normalized spacial score (nSPS) is 12.6. The van der Waals surface area contributed by atoms with Gasteiger partial charge in [0.2, 0.25) is 0 Å². The van der Waals surface area contributed by atoms with E-state index in [9.17, 15) is 0 Å². The summed E-state index contributed by atoms with van der Waals surface area (Å²) in [5.41, 5.74) is 2.51. The van der Waals surface area contributed by atoms with Crippen molar-refractivity contribution in [2.75, 3.05) is 6.54 Å². The quantitative estimate of drug-likeness (QED) is 0.920. The number of hydrogen-bond donors (Lipinski definition) is 1. The van der Waals surface area contributed by atoms with Gasteiger partial charge in [0, 0.05) is 24.0 Å². The Labute approximate surface area is 122 Å². The molecule has 0 radical (unpaired) electrons. The highest BCUT2D eigenvalue weighted by Gasteiger charge is 2.14. The summed E-state index contributed by atoms with van der Waals surface area (Å²) in [4.78, 5) is 4.30. The van der Waals surface area contributed by atoms with E-state index in [0.29, 0.717) is 0 Å². The highest BCUT2D eigenvalue weighted by molar-refractivity contribution is 9.10. The van der Waals surface area contributed by atoms with E-state index in [2.05, 4.69) is 63.4 Å². The van der Waals surface area contributed by atoms with Crippen molar-refractivity contribution in [2.24, 2.45) is 7.05 Å². The first-order chi connectivity index (χ1) is 9.11. The van der Waals surface area contributed by atoms with Crippen LogP contribution in [0.2, 0.25) is 0 Å². The van der Waals surface area contributed by atoms with Crippen molar-refractivity contribution in [1.82, 2.24) is 20.1 Å². The van der Waals surface area contributed by atoms with Crippen LogP contribution in [-0.4, -0.2) is 21.3 Å². The van der Waals surface area contributed by atoms with Gasteiger partial charge in [0.05, 0.1) is 0 Å². The van der Waals surface area contributed by atoms with Crippen molar-refractivity contribution in [2.45, 2.75) is 26.3 Å². The van der Waals surface area contributed by atoms with Crippen LogP contribution in [0.15, 0.2) is 29.0 Å². The van der Waals surface area contributed by atoms with E-state index in [1.807, 2.05) is 11.7 Å². The maximum atomic E-state index is 4.30. The Morgan fingerprint density at radius 1 is 1.42 bits per heavy atom. The molecule has 5 heteroatoms. The van der Waals surface area contributed by atoms with Gasteiger partial charge in [0.15, 0.2) is 0 Å². The second-order valence-corrected chi connectivity index (χ2v) is 5.48. The minimum absolute atomic E-state index is 0.254. The smallest absolute Gasteiger partial charge is 0.138 e. The van der Waals surface area contributed by atoms with Gasteiger partial charge in [-0.3, -0.25) is 4.68 Å². The highest BCUT2D eigenvalue weighted by Crippen LogP contribution is 2.23. The molecular weight excluding hydrogens is 304 g/mol. The van der Waals surface area contributed by atoms with Crippen LogP contribution in [0.1, 0.15) is 29.9 Å². The van der Waals surface area contributed by atoms with Crippen LogP contribution in [0.25, 0.3) is 0 Å². The molecule has 1 aromatic carbocycles. The number of hydrogen-bond acceptors (Lipinski definition) is 3. The van der Waals surface area contributed by atoms with Gasteiger partial charge in [0.1, 0.15) is 12.2 Å². The molecule has 102 valence electrons. The Bertz CT molecular complexity index is 550. The third-order valence-corrected chi connectivity index (χ3v) is 4.09. The molecule has 0 saturated heterocycles. The molecule has 0 aliphatic heterocycles. The van der Waals surface area contributed by atoms with Gasteiger partial charge in [-0.2, -0.15) is 5.10 Å². The number of nitrogens with zero attached hydrogens (tertiary/aromatic N) is 3. The van der Waals surface area contributed by atoms with E-state index in [-0.39, 0.29) is 6.04 Å². The van der Waals surface area contributed by atoms with Crippen LogP contribution >= 0.6 is 15.9 Å². The van der Waals surface area contributed by atoms with E-state index in [4.69, 9.17) is 0 Å². The largest absolute Gasteiger partial charge is 0.310 e. The summed E-state index contributed by atoms with van der Waals surface area (Å²) in [5.74, 6) is 0.989. The van der Waals surface area contributed by atoms with E-state index >= 15 is 0 Å². The predicted molar refractivity (Wildman–Crippen MR) is 80.0 cm³/mol. The van der Waals surface area contributed by atoms with Crippen LogP contribution in [0.3, 0.4) is 0 Å². The van der Waals surface area contributed by atoms with Crippen molar-refractivity contribution in [3.63, 3.8) is 0 Å². The molecule has 19 heavy (non-hydrogen) atoms. The molecule has 0 aliphatic carbocycles. The van der Waals surface area contributed by atoms with Gasteiger partial charge in [-0.15, -0.1) is 0 Å². The lowest BCUT2D eigenvalue weighted by atomic mass is 10.0. The van der Waals surface area contributed by atoms with Crippen molar-refractivity contribution in [1.29, 1.82) is 0 Å². The summed E-state index contributed by atoms with van der Waals surface area (Å²) in [6, 6.07) is 6.74. The molecule has 1 unspecified atom stereocenters. The van der Waals surface area contributed by atoms with Gasteiger partial charge in [-0.05, 0) is 30.7 Å². The first kappa shape index (κ1) is 14.2. The highest BCUT2D eigenvalue weighted by atomic mass is 79.9. The molecule has 1 heterocycles. The van der Waals surface area contributed by atoms with Crippen molar-refractivity contribution < 1.29 is 0 Å². The number of rotatable bonds is 5. The molecule has 1 N–H and O–H groups in total. The topological polar surface area (TPSA) is 42.7 Å². The van der Waals surface area contributed by atoms with Crippen LogP contribution in [0.4, 0.5) is 0 Å². The standard InChI is InChI=1S/C14H19BrN4/c1-4-16-13(8-14-17-9-18-19(14)3)11-6-5-10(2)12(15)7-11/h5-7,9,13,16H,4,8H2,1-3H3. The third kappa shape index (κ3) is 3.42. The van der Waals surface area contributed by atoms with Crippen molar-refractivity contribution in [3.8, 4) is 0 Å². The molecule has 0 aliphatic rings. The van der Waals surface area contributed by atoms with Gasteiger partial charge >= 0.3 is 0 Å². The minimum atomic E-state index is 0.254. The number of aromatic nitrogens is 3. The van der Waals surface area contributed by atoms with Crippen LogP contribution in [0, 0.1) is 6.92 Å². The zero-order valence-corrected chi connectivity index (χ0v) is 13.1. The summed E-state index contributed by atoms with van der Waals surface area (Å²) in [6.07, 6.45) is 2.43. The SMILES string of the molecule is CCNC(Cc1ncnn1C)c1ccc(C)c(Br)c1. The third-order valence-electron chi connectivity index (χ3n) is 3.24. The molecular formula is C14H19BrN4. The molecule has 0 spiro atoms. The predicted octanol–water partition coefficient (Wildman–Crippen LogP) is 2.78. The molecule has 0 saturated carbocycles. The average molecular weight is 323 g/mol. The molecule has 0 amide bonds. The Kier molecular flexibility index (Phi) is 4.71. The van der Waals surface area contributed by atoms with E-state index < -0.39 is 0 Å². The number of likely N-dealkylation sites (N-methyl/N-ethyl adjacent to an activating group) is 1. The molecule has 0 fully saturated rings. The van der Waals surface area contributed by atoms with Crippen molar-refractivity contribution >= 4 is 15.9 Å². The minimum Gasteiger partial charge on any atom is -0.310 e. The fourth-order valence-electron chi connectivity index (χ4n) is 2.07. The summed E-state index contributed by atoms with van der Waals surface area (Å²) in [5, 5.41) is 7.63. The maximum absolute atomic E-state index is 4.30. The van der Waals surface area contributed by atoms with E-state index in [0.717, 1.165) is 23.3 Å².